The predicted molar refractivity (Wildman–Crippen MR) is 137 cm³/mol. The molecule has 0 unspecified atom stereocenters. The van der Waals surface area contributed by atoms with Gasteiger partial charge in [0.2, 0.25) is 5.88 Å². The molecule has 0 aromatic carbocycles. The summed E-state index contributed by atoms with van der Waals surface area (Å²) in [6.45, 7) is 13.7. The van der Waals surface area contributed by atoms with Crippen molar-refractivity contribution in [3.05, 3.63) is 16.7 Å². The van der Waals surface area contributed by atoms with E-state index in [1.165, 1.54) is 15.3 Å². The number of carboxylic acid groups (broad SMARTS) is 1. The van der Waals surface area contributed by atoms with E-state index in [1.807, 2.05) is 6.92 Å². The summed E-state index contributed by atoms with van der Waals surface area (Å²) in [5.74, 6) is -0.643. The van der Waals surface area contributed by atoms with Gasteiger partial charge >= 0.3 is 11.7 Å². The molecule has 0 bridgehead atoms. The Morgan fingerprint density at radius 2 is 1.38 bits per heavy atom. The third-order valence-corrected chi connectivity index (χ3v) is 6.88. The van der Waals surface area contributed by atoms with Crippen molar-refractivity contribution in [3.63, 3.8) is 0 Å². The molecule has 1 rings (SSSR count). The highest BCUT2D eigenvalue weighted by Gasteiger charge is 2.18. The first-order valence-corrected chi connectivity index (χ1v) is 13.3. The van der Waals surface area contributed by atoms with E-state index in [1.54, 1.807) is 0 Å². The molecular formula is C27H50N2O5. The normalized spacial score (nSPS) is 12.4. The van der Waals surface area contributed by atoms with Crippen molar-refractivity contribution < 1.29 is 19.7 Å². The fourth-order valence-corrected chi connectivity index (χ4v) is 4.51. The molecule has 0 amide bonds. The third-order valence-electron chi connectivity index (χ3n) is 6.88. The van der Waals surface area contributed by atoms with Crippen molar-refractivity contribution in [2.75, 3.05) is 13.2 Å². The first-order chi connectivity index (χ1) is 16.0. The molecule has 0 aliphatic heterocycles. The van der Waals surface area contributed by atoms with Crippen LogP contribution in [0.15, 0.2) is 11.0 Å². The molecule has 0 saturated heterocycles. The second-order valence-corrected chi connectivity index (χ2v) is 11.3. The molecule has 7 heteroatoms. The number of hydrogen-bond donors (Lipinski definition) is 2. The minimum atomic E-state index is -0.704. The van der Waals surface area contributed by atoms with Crippen molar-refractivity contribution in [1.29, 1.82) is 0 Å². The molecule has 0 saturated carbocycles. The van der Waals surface area contributed by atoms with Crippen LogP contribution in [0.5, 0.6) is 5.88 Å². The van der Waals surface area contributed by atoms with E-state index < -0.39 is 5.97 Å². The Morgan fingerprint density at radius 3 is 1.85 bits per heavy atom. The molecule has 1 aromatic heterocycles. The number of aromatic nitrogens is 2. The smallest absolute Gasteiger partial charge is 0.331 e. The number of ether oxygens (including phenoxy) is 1. The lowest BCUT2D eigenvalue weighted by Crippen LogP contribution is -2.23. The van der Waals surface area contributed by atoms with Crippen LogP contribution in [0.4, 0.5) is 0 Å². The summed E-state index contributed by atoms with van der Waals surface area (Å²) in [7, 11) is 0. The number of nitrogens with zero attached hydrogens (tertiary/aromatic N) is 2. The molecule has 1 aromatic rings. The van der Waals surface area contributed by atoms with Gasteiger partial charge in [-0.05, 0) is 69.1 Å². The fourth-order valence-electron chi connectivity index (χ4n) is 4.51. The van der Waals surface area contributed by atoms with Crippen LogP contribution in [0, 0.1) is 10.8 Å². The standard InChI is InChI=1S/C27H50N2O5/c1-6-28-22-23(30)29(25(28)33)19-10-7-15-26(2,3)16-8-11-20-34-21-12-9-17-27(4,5)18-13-14-24(31)32/h22,30H,6-21H2,1-5H3,(H,31,32). The van der Waals surface area contributed by atoms with Crippen LogP contribution in [0.3, 0.4) is 0 Å². The van der Waals surface area contributed by atoms with Gasteiger partial charge in [0, 0.05) is 32.7 Å². The molecule has 1 heterocycles. The molecule has 2 N–H and O–H groups in total. The number of rotatable bonds is 20. The topological polar surface area (TPSA) is 93.7 Å². The molecule has 0 spiro atoms. The predicted octanol–water partition coefficient (Wildman–Crippen LogP) is 6.21. The minimum Gasteiger partial charge on any atom is -0.493 e. The molecule has 0 atom stereocenters. The summed E-state index contributed by atoms with van der Waals surface area (Å²) < 4.78 is 8.82. The Morgan fingerprint density at radius 1 is 0.882 bits per heavy atom. The van der Waals surface area contributed by atoms with Gasteiger partial charge in [-0.3, -0.25) is 13.9 Å². The van der Waals surface area contributed by atoms with Gasteiger partial charge in [-0.15, -0.1) is 0 Å². The maximum Gasteiger partial charge on any atom is 0.331 e. The van der Waals surface area contributed by atoms with E-state index >= 15 is 0 Å². The van der Waals surface area contributed by atoms with Gasteiger partial charge in [-0.25, -0.2) is 4.79 Å². The van der Waals surface area contributed by atoms with Gasteiger partial charge in [0.1, 0.15) is 0 Å². The molecular weight excluding hydrogens is 432 g/mol. The monoisotopic (exact) mass is 482 g/mol. The highest BCUT2D eigenvalue weighted by Crippen LogP contribution is 2.30. The van der Waals surface area contributed by atoms with Crippen LogP contribution < -0.4 is 5.69 Å². The summed E-state index contributed by atoms with van der Waals surface area (Å²) in [6.07, 6.45) is 13.2. The Kier molecular flexibility index (Phi) is 13.6. The number of aliphatic carboxylic acids is 1. The highest BCUT2D eigenvalue weighted by molar-refractivity contribution is 5.66. The number of hydrogen-bond acceptors (Lipinski definition) is 4. The van der Waals surface area contributed by atoms with E-state index in [-0.39, 0.29) is 28.8 Å². The summed E-state index contributed by atoms with van der Waals surface area (Å²) in [5, 5.41) is 18.7. The lowest BCUT2D eigenvalue weighted by Gasteiger charge is -2.24. The lowest BCUT2D eigenvalue weighted by molar-refractivity contribution is -0.137. The van der Waals surface area contributed by atoms with Crippen molar-refractivity contribution in [2.45, 2.75) is 125 Å². The Bertz CT molecular complexity index is 764. The Balaban J connectivity index is 2.06. The van der Waals surface area contributed by atoms with Gasteiger partial charge in [-0.1, -0.05) is 47.0 Å². The first kappa shape index (κ1) is 30.3. The van der Waals surface area contributed by atoms with Gasteiger partial charge in [0.25, 0.3) is 0 Å². The Labute approximate surface area is 206 Å². The van der Waals surface area contributed by atoms with E-state index in [4.69, 9.17) is 9.84 Å². The largest absolute Gasteiger partial charge is 0.493 e. The fraction of sp³-hybridized carbons (Fsp3) is 0.852. The van der Waals surface area contributed by atoms with E-state index in [0.29, 0.717) is 13.1 Å². The van der Waals surface area contributed by atoms with Crippen LogP contribution in [0.25, 0.3) is 0 Å². The average molecular weight is 483 g/mol. The van der Waals surface area contributed by atoms with Crippen molar-refractivity contribution >= 4 is 5.97 Å². The summed E-state index contributed by atoms with van der Waals surface area (Å²) in [4.78, 5) is 22.8. The molecule has 0 aliphatic rings. The maximum absolute atomic E-state index is 12.1. The number of carboxylic acids is 1. The summed E-state index contributed by atoms with van der Waals surface area (Å²) in [6, 6.07) is 0. The lowest BCUT2D eigenvalue weighted by atomic mass is 9.82. The second-order valence-electron chi connectivity index (χ2n) is 11.3. The third kappa shape index (κ3) is 12.6. The molecule has 34 heavy (non-hydrogen) atoms. The van der Waals surface area contributed by atoms with Gasteiger partial charge in [0.15, 0.2) is 0 Å². The van der Waals surface area contributed by atoms with Crippen LogP contribution >= 0.6 is 0 Å². The molecule has 0 radical (unpaired) electrons. The highest BCUT2D eigenvalue weighted by atomic mass is 16.5. The van der Waals surface area contributed by atoms with Crippen LogP contribution in [0.2, 0.25) is 0 Å². The van der Waals surface area contributed by atoms with E-state index in [2.05, 4.69) is 27.7 Å². The van der Waals surface area contributed by atoms with Crippen LogP contribution in [-0.4, -0.2) is 38.5 Å². The van der Waals surface area contributed by atoms with E-state index in [0.717, 1.165) is 83.8 Å². The van der Waals surface area contributed by atoms with Crippen LogP contribution in [0.1, 0.15) is 112 Å². The zero-order chi connectivity index (χ0) is 25.6. The zero-order valence-electron chi connectivity index (χ0n) is 22.4. The zero-order valence-corrected chi connectivity index (χ0v) is 22.4. The van der Waals surface area contributed by atoms with E-state index in [9.17, 15) is 14.7 Å². The van der Waals surface area contributed by atoms with Crippen molar-refractivity contribution in [3.8, 4) is 5.88 Å². The second kappa shape index (κ2) is 15.3. The molecule has 7 nitrogen and oxygen atoms in total. The van der Waals surface area contributed by atoms with Gasteiger partial charge < -0.3 is 14.9 Å². The SMILES string of the molecule is CCn1cc(O)n(CCCCC(C)(C)CCCCOCCCCC(C)(C)CCCC(=O)O)c1=O. The first-order valence-electron chi connectivity index (χ1n) is 13.3. The van der Waals surface area contributed by atoms with Gasteiger partial charge in [0.05, 0.1) is 6.20 Å². The number of unbranched alkanes of at least 4 members (excludes halogenated alkanes) is 3. The number of aromatic hydroxyl groups is 1. The molecule has 0 fully saturated rings. The Hall–Kier alpha value is -1.76. The average Bonchev–Trinajstić information content (AvgIpc) is 3.02. The van der Waals surface area contributed by atoms with Crippen molar-refractivity contribution in [1.82, 2.24) is 9.13 Å². The number of aryl methyl sites for hydroxylation is 1. The maximum atomic E-state index is 12.1. The number of imidazole rings is 1. The quantitative estimate of drug-likeness (QED) is 0.215. The van der Waals surface area contributed by atoms with Crippen LogP contribution in [-0.2, 0) is 22.6 Å². The number of carbonyl (C=O) groups is 1. The summed E-state index contributed by atoms with van der Waals surface area (Å²) in [5.41, 5.74) is 0.353. The molecule has 198 valence electrons. The minimum absolute atomic E-state index is 0.0607. The van der Waals surface area contributed by atoms with Gasteiger partial charge in [-0.2, -0.15) is 0 Å². The van der Waals surface area contributed by atoms with Crippen molar-refractivity contribution in [2.24, 2.45) is 10.8 Å². The molecule has 0 aliphatic carbocycles. The summed E-state index contributed by atoms with van der Waals surface area (Å²) >= 11 is 0.